The number of benzene rings is 1. The minimum atomic E-state index is -0.281. The van der Waals surface area contributed by atoms with Crippen LogP contribution in [0.5, 0.6) is 5.75 Å². The van der Waals surface area contributed by atoms with Gasteiger partial charge in [0.2, 0.25) is 0 Å². The highest BCUT2D eigenvalue weighted by Crippen LogP contribution is 2.30. The van der Waals surface area contributed by atoms with Crippen LogP contribution in [0.15, 0.2) is 18.2 Å². The lowest BCUT2D eigenvalue weighted by molar-refractivity contribution is 0.254. The van der Waals surface area contributed by atoms with Gasteiger partial charge in [0.1, 0.15) is 11.9 Å². The van der Waals surface area contributed by atoms with Gasteiger partial charge in [0.15, 0.2) is 0 Å². The van der Waals surface area contributed by atoms with E-state index in [9.17, 15) is 0 Å². The van der Waals surface area contributed by atoms with Crippen LogP contribution >= 0.6 is 0 Å². The van der Waals surface area contributed by atoms with Crippen molar-refractivity contribution >= 4 is 0 Å². The van der Waals surface area contributed by atoms with E-state index >= 15 is 0 Å². The molecule has 2 atom stereocenters. The first-order valence-electron chi connectivity index (χ1n) is 4.86. The molecule has 0 aromatic heterocycles. The van der Waals surface area contributed by atoms with Gasteiger partial charge < -0.3 is 15.6 Å². The Kier molecular flexibility index (Phi) is 2.44. The second kappa shape index (κ2) is 3.59. The summed E-state index contributed by atoms with van der Waals surface area (Å²) in [6, 6.07) is 5.59. The third-order valence-corrected chi connectivity index (χ3v) is 2.54. The average Bonchev–Trinajstić information content (AvgIpc) is 2.55. The van der Waals surface area contributed by atoms with E-state index in [1.807, 2.05) is 25.1 Å². The van der Waals surface area contributed by atoms with Crippen LogP contribution in [-0.4, -0.2) is 17.8 Å². The maximum Gasteiger partial charge on any atom is 0.123 e. The lowest BCUT2D eigenvalue weighted by atomic mass is 10.0. The van der Waals surface area contributed by atoms with Crippen molar-refractivity contribution < 1.29 is 9.84 Å². The maximum atomic E-state index is 8.93. The Bertz CT molecular complexity index is 338. The number of fused-ring (bicyclic) bond motifs is 1. The molecule has 3 N–H and O–H groups in total. The Morgan fingerprint density at radius 1 is 1.64 bits per heavy atom. The predicted molar refractivity (Wildman–Crippen MR) is 54.3 cm³/mol. The normalized spacial score (nSPS) is 21.5. The monoisotopic (exact) mass is 193 g/mol. The third kappa shape index (κ3) is 1.61. The van der Waals surface area contributed by atoms with Crippen molar-refractivity contribution in [3.05, 3.63) is 29.3 Å². The molecular formula is C11H15NO2. The summed E-state index contributed by atoms with van der Waals surface area (Å²) >= 11 is 0. The highest BCUT2D eigenvalue weighted by molar-refractivity contribution is 5.41. The maximum absolute atomic E-state index is 8.93. The Morgan fingerprint density at radius 3 is 3.14 bits per heavy atom. The zero-order valence-corrected chi connectivity index (χ0v) is 8.23. The van der Waals surface area contributed by atoms with Crippen molar-refractivity contribution in [2.45, 2.75) is 25.5 Å². The summed E-state index contributed by atoms with van der Waals surface area (Å²) in [6.07, 6.45) is 1.19. The summed E-state index contributed by atoms with van der Waals surface area (Å²) in [5.74, 6) is 0.950. The van der Waals surface area contributed by atoms with Crippen LogP contribution in [-0.2, 0) is 6.42 Å². The van der Waals surface area contributed by atoms with E-state index in [1.54, 1.807) is 0 Å². The van der Waals surface area contributed by atoms with Crippen LogP contribution in [0, 0.1) is 0 Å². The van der Waals surface area contributed by atoms with Gasteiger partial charge >= 0.3 is 0 Å². The van der Waals surface area contributed by atoms with Gasteiger partial charge in [-0.05, 0) is 24.1 Å². The molecular weight excluding hydrogens is 178 g/mol. The van der Waals surface area contributed by atoms with E-state index in [-0.39, 0.29) is 18.8 Å². The molecule has 1 heterocycles. The lowest BCUT2D eigenvalue weighted by Crippen LogP contribution is -2.14. The van der Waals surface area contributed by atoms with Crippen LogP contribution in [0.4, 0.5) is 0 Å². The largest absolute Gasteiger partial charge is 0.490 e. The third-order valence-electron chi connectivity index (χ3n) is 2.54. The predicted octanol–water partition coefficient (Wildman–Crippen LogP) is 1.00. The topological polar surface area (TPSA) is 55.5 Å². The number of rotatable bonds is 2. The number of aliphatic hydroxyl groups excluding tert-OH is 1. The minimum Gasteiger partial charge on any atom is -0.490 e. The van der Waals surface area contributed by atoms with Gasteiger partial charge in [-0.25, -0.2) is 0 Å². The molecule has 3 nitrogen and oxygen atoms in total. The summed E-state index contributed by atoms with van der Waals surface area (Å²) in [5, 5.41) is 8.93. The summed E-state index contributed by atoms with van der Waals surface area (Å²) < 4.78 is 5.57. The summed E-state index contributed by atoms with van der Waals surface area (Å²) in [7, 11) is 0. The van der Waals surface area contributed by atoms with Gasteiger partial charge in [-0.2, -0.15) is 0 Å². The SMILES string of the molecule is CC1Cc2cc([C@H](N)CO)ccc2O1. The fourth-order valence-electron chi connectivity index (χ4n) is 1.78. The van der Waals surface area contributed by atoms with E-state index in [4.69, 9.17) is 15.6 Å². The molecule has 1 aliphatic rings. The Balaban J connectivity index is 2.28. The zero-order valence-electron chi connectivity index (χ0n) is 8.23. The molecule has 0 saturated carbocycles. The zero-order chi connectivity index (χ0) is 10.1. The first kappa shape index (κ1) is 9.49. The molecule has 0 fully saturated rings. The summed E-state index contributed by atoms with van der Waals surface area (Å²) in [5.41, 5.74) is 7.90. The molecule has 1 unspecified atom stereocenters. The van der Waals surface area contributed by atoms with Crippen molar-refractivity contribution in [2.75, 3.05) is 6.61 Å². The number of hydrogen-bond donors (Lipinski definition) is 2. The van der Waals surface area contributed by atoms with Gasteiger partial charge in [-0.3, -0.25) is 0 Å². The van der Waals surface area contributed by atoms with Crippen molar-refractivity contribution in [2.24, 2.45) is 5.73 Å². The molecule has 1 aliphatic heterocycles. The van der Waals surface area contributed by atoms with Crippen LogP contribution in [0.3, 0.4) is 0 Å². The molecule has 0 aliphatic carbocycles. The van der Waals surface area contributed by atoms with Crippen molar-refractivity contribution in [3.63, 3.8) is 0 Å². The van der Waals surface area contributed by atoms with E-state index in [1.165, 1.54) is 5.56 Å². The molecule has 0 amide bonds. The fraction of sp³-hybridized carbons (Fsp3) is 0.455. The van der Waals surface area contributed by atoms with Crippen molar-refractivity contribution in [1.82, 2.24) is 0 Å². The van der Waals surface area contributed by atoms with Crippen LogP contribution in [0.25, 0.3) is 0 Å². The van der Waals surface area contributed by atoms with Gasteiger partial charge in [0.05, 0.1) is 12.6 Å². The molecule has 0 bridgehead atoms. The Labute approximate surface area is 83.5 Å². The van der Waals surface area contributed by atoms with E-state index < -0.39 is 0 Å². The lowest BCUT2D eigenvalue weighted by Gasteiger charge is -2.09. The van der Waals surface area contributed by atoms with Crippen molar-refractivity contribution in [3.8, 4) is 5.75 Å². The molecule has 0 radical (unpaired) electrons. The first-order chi connectivity index (χ1) is 6.70. The molecule has 2 rings (SSSR count). The Hall–Kier alpha value is -1.06. The van der Waals surface area contributed by atoms with E-state index in [0.717, 1.165) is 17.7 Å². The highest BCUT2D eigenvalue weighted by atomic mass is 16.5. The standard InChI is InChI=1S/C11H15NO2/c1-7-4-9-5-8(10(12)6-13)2-3-11(9)14-7/h2-3,5,7,10,13H,4,6,12H2,1H3/t7?,10-/m1/s1. The van der Waals surface area contributed by atoms with Crippen LogP contribution in [0.2, 0.25) is 0 Å². The molecule has 0 saturated heterocycles. The van der Waals surface area contributed by atoms with Gasteiger partial charge in [-0.15, -0.1) is 0 Å². The highest BCUT2D eigenvalue weighted by Gasteiger charge is 2.19. The average molecular weight is 193 g/mol. The second-order valence-electron chi connectivity index (χ2n) is 3.79. The van der Waals surface area contributed by atoms with Gasteiger partial charge in [-0.1, -0.05) is 12.1 Å². The molecule has 3 heteroatoms. The second-order valence-corrected chi connectivity index (χ2v) is 3.79. The van der Waals surface area contributed by atoms with E-state index in [2.05, 4.69) is 0 Å². The number of ether oxygens (including phenoxy) is 1. The van der Waals surface area contributed by atoms with Crippen LogP contribution < -0.4 is 10.5 Å². The van der Waals surface area contributed by atoms with Gasteiger partial charge in [0, 0.05) is 6.42 Å². The number of aliphatic hydroxyl groups is 1. The van der Waals surface area contributed by atoms with E-state index in [0.29, 0.717) is 0 Å². The summed E-state index contributed by atoms with van der Waals surface area (Å²) in [6.45, 7) is 2.03. The molecule has 0 spiro atoms. The smallest absolute Gasteiger partial charge is 0.123 e. The molecule has 76 valence electrons. The van der Waals surface area contributed by atoms with Gasteiger partial charge in [0.25, 0.3) is 0 Å². The number of hydrogen-bond acceptors (Lipinski definition) is 3. The molecule has 14 heavy (non-hydrogen) atoms. The van der Waals surface area contributed by atoms with Crippen molar-refractivity contribution in [1.29, 1.82) is 0 Å². The summed E-state index contributed by atoms with van der Waals surface area (Å²) in [4.78, 5) is 0. The molecule has 1 aromatic carbocycles. The van der Waals surface area contributed by atoms with Crippen LogP contribution in [0.1, 0.15) is 24.1 Å². The quantitative estimate of drug-likeness (QED) is 0.736. The first-order valence-corrected chi connectivity index (χ1v) is 4.86. The Morgan fingerprint density at radius 2 is 2.43 bits per heavy atom. The molecule has 1 aromatic rings. The number of nitrogens with two attached hydrogens (primary N) is 1. The minimum absolute atomic E-state index is 0.0187. The fourth-order valence-corrected chi connectivity index (χ4v) is 1.78.